The van der Waals surface area contributed by atoms with Crippen molar-refractivity contribution < 1.29 is 19.0 Å². The van der Waals surface area contributed by atoms with E-state index in [2.05, 4.69) is 11.0 Å². The lowest BCUT2D eigenvalue weighted by Gasteiger charge is -2.39. The molecule has 7 heteroatoms. The first-order chi connectivity index (χ1) is 14.0. The Morgan fingerprint density at radius 1 is 0.931 bits per heavy atom. The maximum absolute atomic E-state index is 13.0. The molecule has 0 bridgehead atoms. The van der Waals surface area contributed by atoms with Gasteiger partial charge in [0.2, 0.25) is 5.91 Å². The minimum atomic E-state index is 0.0815. The average molecular weight is 417 g/mol. The summed E-state index contributed by atoms with van der Waals surface area (Å²) in [4.78, 5) is 17.1. The number of hydrogen-bond donors (Lipinski definition) is 0. The van der Waals surface area contributed by atoms with Crippen molar-refractivity contribution in [1.82, 2.24) is 4.90 Å². The van der Waals surface area contributed by atoms with Crippen molar-refractivity contribution >= 4 is 23.2 Å². The zero-order valence-electron chi connectivity index (χ0n) is 16.9. The molecule has 0 unspecified atom stereocenters. The van der Waals surface area contributed by atoms with E-state index in [1.807, 2.05) is 29.2 Å². The fourth-order valence-corrected chi connectivity index (χ4v) is 4.60. The Hall–Kier alpha value is -2.44. The van der Waals surface area contributed by atoms with Gasteiger partial charge in [-0.2, -0.15) is 0 Å². The number of piperazine rings is 1. The number of rotatable bonds is 5. The summed E-state index contributed by atoms with van der Waals surface area (Å²) >= 11 is 6.14. The Morgan fingerprint density at radius 2 is 1.69 bits per heavy atom. The highest BCUT2D eigenvalue weighted by atomic mass is 35.5. The van der Waals surface area contributed by atoms with E-state index in [0.717, 1.165) is 24.1 Å². The molecule has 2 saturated heterocycles. The van der Waals surface area contributed by atoms with Gasteiger partial charge in [0.05, 0.1) is 32.9 Å². The summed E-state index contributed by atoms with van der Waals surface area (Å²) in [5, 5.41) is 0.539. The molecule has 0 aromatic heterocycles. The summed E-state index contributed by atoms with van der Waals surface area (Å²) in [5.74, 6) is 2.09. The van der Waals surface area contributed by atoms with E-state index in [4.69, 9.17) is 25.8 Å². The normalized spacial score (nSPS) is 21.8. The second-order valence-electron chi connectivity index (χ2n) is 7.36. The molecule has 0 aliphatic carbocycles. The first-order valence-electron chi connectivity index (χ1n) is 9.67. The highest BCUT2D eigenvalue weighted by Gasteiger charge is 2.41. The van der Waals surface area contributed by atoms with Gasteiger partial charge in [0.1, 0.15) is 5.75 Å². The van der Waals surface area contributed by atoms with Crippen molar-refractivity contribution in [2.45, 2.75) is 24.9 Å². The van der Waals surface area contributed by atoms with Gasteiger partial charge >= 0.3 is 0 Å². The average Bonchev–Trinajstić information content (AvgIpc) is 3.15. The van der Waals surface area contributed by atoms with Crippen molar-refractivity contribution in [3.63, 3.8) is 0 Å². The van der Waals surface area contributed by atoms with Crippen LogP contribution in [0, 0.1) is 0 Å². The lowest BCUT2D eigenvalue weighted by atomic mass is 10.0. The summed E-state index contributed by atoms with van der Waals surface area (Å²) in [6, 6.07) is 12.0. The lowest BCUT2D eigenvalue weighted by molar-refractivity contribution is -0.122. The highest BCUT2D eigenvalue weighted by Crippen LogP contribution is 2.41. The number of fused-ring (bicyclic) bond motifs is 1. The molecule has 2 fully saturated rings. The Morgan fingerprint density at radius 3 is 2.41 bits per heavy atom. The smallest absolute Gasteiger partial charge is 0.241 e. The van der Waals surface area contributed by atoms with E-state index in [1.54, 1.807) is 27.4 Å². The molecular weight excluding hydrogens is 392 g/mol. The summed E-state index contributed by atoms with van der Waals surface area (Å²) in [7, 11) is 4.85. The first-order valence-corrected chi connectivity index (χ1v) is 10.0. The standard InChI is InChI=1S/C22H25ClN2O4/c1-27-19-9-4-14(10-21(19)29-3)18-8-6-16-12-25(22(26)13-24(16)18)15-5-7-17(23)20(11-15)28-2/h4-5,7,9-11,16,18H,6,8,12-13H2,1-3H3/t16-,18+/m0/s1. The topological polar surface area (TPSA) is 51.2 Å². The quantitative estimate of drug-likeness (QED) is 0.739. The third kappa shape index (κ3) is 3.63. The van der Waals surface area contributed by atoms with E-state index in [0.29, 0.717) is 41.4 Å². The van der Waals surface area contributed by atoms with Gasteiger partial charge in [0.15, 0.2) is 11.5 Å². The zero-order valence-corrected chi connectivity index (χ0v) is 17.6. The number of anilines is 1. The molecule has 4 rings (SSSR count). The predicted octanol–water partition coefficient (Wildman–Crippen LogP) is 3.92. The van der Waals surface area contributed by atoms with Crippen LogP contribution in [-0.4, -0.2) is 51.3 Å². The van der Waals surface area contributed by atoms with Gasteiger partial charge < -0.3 is 19.1 Å². The van der Waals surface area contributed by atoms with E-state index in [9.17, 15) is 4.79 Å². The third-order valence-electron chi connectivity index (χ3n) is 5.89. The number of nitrogens with zero attached hydrogens (tertiary/aromatic N) is 2. The minimum absolute atomic E-state index is 0.0815. The van der Waals surface area contributed by atoms with Crippen LogP contribution in [0.1, 0.15) is 24.4 Å². The molecule has 2 atom stereocenters. The molecule has 2 aromatic rings. The number of methoxy groups -OCH3 is 3. The minimum Gasteiger partial charge on any atom is -0.495 e. The van der Waals surface area contributed by atoms with Crippen molar-refractivity contribution in [3.8, 4) is 17.2 Å². The molecular formula is C22H25ClN2O4. The Kier molecular flexibility index (Phi) is 5.56. The van der Waals surface area contributed by atoms with Crippen LogP contribution in [0.15, 0.2) is 36.4 Å². The molecule has 2 aliphatic rings. The molecule has 1 amide bonds. The predicted molar refractivity (Wildman–Crippen MR) is 112 cm³/mol. The van der Waals surface area contributed by atoms with Crippen LogP contribution >= 0.6 is 11.6 Å². The van der Waals surface area contributed by atoms with Crippen LogP contribution < -0.4 is 19.1 Å². The summed E-state index contributed by atoms with van der Waals surface area (Å²) in [6.45, 7) is 1.04. The van der Waals surface area contributed by atoms with Gasteiger partial charge in [-0.15, -0.1) is 0 Å². The molecule has 29 heavy (non-hydrogen) atoms. The van der Waals surface area contributed by atoms with Crippen molar-refractivity contribution in [1.29, 1.82) is 0 Å². The second-order valence-corrected chi connectivity index (χ2v) is 7.76. The number of amides is 1. The van der Waals surface area contributed by atoms with Crippen LogP contribution in [0.25, 0.3) is 0 Å². The van der Waals surface area contributed by atoms with Gasteiger partial charge in [-0.05, 0) is 42.7 Å². The largest absolute Gasteiger partial charge is 0.495 e. The van der Waals surface area contributed by atoms with Crippen LogP contribution in [0.4, 0.5) is 5.69 Å². The van der Waals surface area contributed by atoms with Gasteiger partial charge in [-0.1, -0.05) is 17.7 Å². The molecule has 6 nitrogen and oxygen atoms in total. The fourth-order valence-electron chi connectivity index (χ4n) is 4.41. The molecule has 0 spiro atoms. The molecule has 0 radical (unpaired) electrons. The first kappa shape index (κ1) is 19.9. The molecule has 2 heterocycles. The molecule has 2 aliphatic heterocycles. The number of carbonyl (C=O) groups excluding carboxylic acids is 1. The van der Waals surface area contributed by atoms with Crippen LogP contribution in [0.3, 0.4) is 0 Å². The van der Waals surface area contributed by atoms with Gasteiger partial charge in [0, 0.05) is 30.4 Å². The summed E-state index contributed by atoms with van der Waals surface area (Å²) in [5.41, 5.74) is 1.98. The zero-order chi connectivity index (χ0) is 20.5. The number of hydrogen-bond acceptors (Lipinski definition) is 5. The van der Waals surface area contributed by atoms with E-state index in [1.165, 1.54) is 0 Å². The maximum atomic E-state index is 13.0. The number of benzene rings is 2. The van der Waals surface area contributed by atoms with Crippen LogP contribution in [0.5, 0.6) is 17.2 Å². The fraction of sp³-hybridized carbons (Fsp3) is 0.409. The molecule has 2 aromatic carbocycles. The van der Waals surface area contributed by atoms with Gasteiger partial charge in [-0.3, -0.25) is 9.69 Å². The monoisotopic (exact) mass is 416 g/mol. The number of carbonyl (C=O) groups is 1. The van der Waals surface area contributed by atoms with Crippen LogP contribution in [0.2, 0.25) is 5.02 Å². The van der Waals surface area contributed by atoms with E-state index >= 15 is 0 Å². The summed E-state index contributed by atoms with van der Waals surface area (Å²) < 4.78 is 16.1. The summed E-state index contributed by atoms with van der Waals surface area (Å²) in [6.07, 6.45) is 2.04. The molecule has 0 saturated carbocycles. The third-order valence-corrected chi connectivity index (χ3v) is 6.21. The van der Waals surface area contributed by atoms with Crippen molar-refractivity contribution in [3.05, 3.63) is 47.0 Å². The van der Waals surface area contributed by atoms with Gasteiger partial charge in [-0.25, -0.2) is 0 Å². The molecule has 0 N–H and O–H groups in total. The van der Waals surface area contributed by atoms with Gasteiger partial charge in [0.25, 0.3) is 0 Å². The Labute approximate surface area is 175 Å². The highest BCUT2D eigenvalue weighted by molar-refractivity contribution is 6.32. The maximum Gasteiger partial charge on any atom is 0.241 e. The number of halogens is 1. The second kappa shape index (κ2) is 8.13. The molecule has 154 valence electrons. The van der Waals surface area contributed by atoms with Crippen molar-refractivity contribution in [2.75, 3.05) is 39.3 Å². The number of ether oxygens (including phenoxy) is 3. The Balaban J connectivity index is 1.55. The lowest BCUT2D eigenvalue weighted by Crippen LogP contribution is -2.54. The Bertz CT molecular complexity index is 920. The van der Waals surface area contributed by atoms with E-state index < -0.39 is 0 Å². The SMILES string of the molecule is COc1cc(N2C[C@@H]3CC[C@H](c4ccc(OC)c(OC)c4)N3CC2=O)ccc1Cl. The van der Waals surface area contributed by atoms with E-state index in [-0.39, 0.29) is 11.9 Å². The van der Waals surface area contributed by atoms with Crippen LogP contribution in [-0.2, 0) is 4.79 Å². The van der Waals surface area contributed by atoms with Crippen molar-refractivity contribution in [2.24, 2.45) is 0 Å².